The maximum absolute atomic E-state index is 12.8. The van der Waals surface area contributed by atoms with Crippen molar-refractivity contribution in [3.63, 3.8) is 0 Å². The number of ketones is 2. The van der Waals surface area contributed by atoms with Crippen molar-refractivity contribution >= 4 is 17.5 Å². The average Bonchev–Trinajstić information content (AvgIpc) is 2.86. The minimum Gasteiger partial charge on any atom is -0.454 e. The summed E-state index contributed by atoms with van der Waals surface area (Å²) in [6.45, 7) is 6.66. The fourth-order valence-corrected chi connectivity index (χ4v) is 6.83. The molecule has 1 atom stereocenters. The van der Waals surface area contributed by atoms with Gasteiger partial charge in [0.05, 0.1) is 12.1 Å². The van der Waals surface area contributed by atoms with Crippen LogP contribution >= 0.6 is 0 Å². The number of ether oxygens (including phenoxy) is 1. The number of aromatic amines is 1. The highest BCUT2D eigenvalue weighted by Crippen LogP contribution is 2.61. The van der Waals surface area contributed by atoms with Gasteiger partial charge in [-0.25, -0.2) is 0 Å². The Morgan fingerprint density at radius 2 is 1.61 bits per heavy atom. The molecule has 0 amide bonds. The van der Waals surface area contributed by atoms with Gasteiger partial charge >= 0.3 is 5.97 Å². The van der Waals surface area contributed by atoms with Gasteiger partial charge in [-0.05, 0) is 95.0 Å². The van der Waals surface area contributed by atoms with Crippen LogP contribution < -0.4 is 0 Å². The van der Waals surface area contributed by atoms with Crippen LogP contribution in [-0.2, 0) is 9.53 Å². The van der Waals surface area contributed by atoms with Crippen molar-refractivity contribution in [1.82, 2.24) is 4.98 Å². The Morgan fingerprint density at radius 1 is 1.07 bits per heavy atom. The van der Waals surface area contributed by atoms with Crippen LogP contribution in [0.1, 0.15) is 90.9 Å². The Kier molecular flexibility index (Phi) is 4.75. The summed E-state index contributed by atoms with van der Waals surface area (Å²) in [7, 11) is 0. The standard InChI is InChI=1S/C23H31NO4/c1-12-20(14(3)25)13(2)24-21(12)22(27)15(4)28-19(26)11-23-8-16-5-17(9-23)7-18(6-16)10-23/h15-18,24H,5-11H2,1-4H3/t15-,16?,17?,18?,23?/m0/s1. The van der Waals surface area contributed by atoms with Crippen LogP contribution in [0.5, 0.6) is 0 Å². The van der Waals surface area contributed by atoms with Gasteiger partial charge in [-0.1, -0.05) is 0 Å². The monoisotopic (exact) mass is 385 g/mol. The summed E-state index contributed by atoms with van der Waals surface area (Å²) in [5.41, 5.74) is 2.35. The maximum atomic E-state index is 12.8. The van der Waals surface area contributed by atoms with Gasteiger partial charge < -0.3 is 9.72 Å². The van der Waals surface area contributed by atoms with E-state index in [1.165, 1.54) is 26.2 Å². The van der Waals surface area contributed by atoms with Crippen LogP contribution in [0.15, 0.2) is 0 Å². The van der Waals surface area contributed by atoms with Gasteiger partial charge in [0.2, 0.25) is 5.78 Å². The summed E-state index contributed by atoms with van der Waals surface area (Å²) in [4.78, 5) is 40.4. The zero-order valence-corrected chi connectivity index (χ0v) is 17.4. The van der Waals surface area contributed by atoms with Gasteiger partial charge in [-0.3, -0.25) is 14.4 Å². The van der Waals surface area contributed by atoms with Gasteiger partial charge in [0.15, 0.2) is 11.9 Å². The molecule has 4 aliphatic rings. The molecule has 4 fully saturated rings. The molecule has 0 aliphatic heterocycles. The highest BCUT2D eigenvalue weighted by molar-refractivity contribution is 6.05. The van der Waals surface area contributed by atoms with Crippen molar-refractivity contribution in [2.24, 2.45) is 23.2 Å². The molecule has 5 nitrogen and oxygen atoms in total. The maximum Gasteiger partial charge on any atom is 0.307 e. The van der Waals surface area contributed by atoms with Gasteiger partial charge in [0, 0.05) is 11.3 Å². The fraction of sp³-hybridized carbons (Fsp3) is 0.696. The van der Waals surface area contributed by atoms with E-state index in [9.17, 15) is 14.4 Å². The second-order valence-electron chi connectivity index (χ2n) is 9.77. The van der Waals surface area contributed by atoms with E-state index in [4.69, 9.17) is 4.74 Å². The number of H-pyrrole nitrogens is 1. The molecule has 5 heteroatoms. The second kappa shape index (κ2) is 6.85. The first-order valence-corrected chi connectivity index (χ1v) is 10.6. The van der Waals surface area contributed by atoms with Crippen LogP contribution in [0, 0.1) is 37.0 Å². The highest BCUT2D eigenvalue weighted by atomic mass is 16.5. The Balaban J connectivity index is 1.42. The molecular weight excluding hydrogens is 354 g/mol. The van der Waals surface area contributed by atoms with E-state index >= 15 is 0 Å². The third-order valence-electron chi connectivity index (χ3n) is 7.40. The van der Waals surface area contributed by atoms with Gasteiger partial charge in [-0.2, -0.15) is 0 Å². The SMILES string of the molecule is CC(=O)c1c(C)[nH]c(C(=O)[C@H](C)OC(=O)CC23CC4CC(CC(C4)C2)C3)c1C. The summed E-state index contributed by atoms with van der Waals surface area (Å²) >= 11 is 0. The normalized spacial score (nSPS) is 31.6. The van der Waals surface area contributed by atoms with E-state index in [-0.39, 0.29) is 23.0 Å². The van der Waals surface area contributed by atoms with Crippen molar-refractivity contribution < 1.29 is 19.1 Å². The molecule has 1 aromatic heterocycles. The minimum atomic E-state index is -0.849. The van der Waals surface area contributed by atoms with Crippen molar-refractivity contribution in [2.45, 2.75) is 78.7 Å². The average molecular weight is 386 g/mol. The van der Waals surface area contributed by atoms with Crippen LogP contribution in [0.4, 0.5) is 0 Å². The summed E-state index contributed by atoms with van der Waals surface area (Å²) in [6, 6.07) is 0. The molecule has 1 N–H and O–H groups in total. The predicted octanol–water partition coefficient (Wildman–Crippen LogP) is 4.56. The third-order valence-corrected chi connectivity index (χ3v) is 7.40. The lowest BCUT2D eigenvalue weighted by Crippen LogP contribution is -2.47. The van der Waals surface area contributed by atoms with E-state index in [0.29, 0.717) is 28.9 Å². The van der Waals surface area contributed by atoms with E-state index in [0.717, 1.165) is 37.0 Å². The number of rotatable bonds is 6. The molecule has 0 saturated heterocycles. The Morgan fingerprint density at radius 3 is 2.07 bits per heavy atom. The number of hydrogen-bond donors (Lipinski definition) is 1. The summed E-state index contributed by atoms with van der Waals surface area (Å²) < 4.78 is 5.58. The van der Waals surface area contributed by atoms with E-state index in [1.54, 1.807) is 20.8 Å². The second-order valence-corrected chi connectivity index (χ2v) is 9.77. The van der Waals surface area contributed by atoms with Gasteiger partial charge in [0.25, 0.3) is 0 Å². The Hall–Kier alpha value is -1.91. The van der Waals surface area contributed by atoms with Crippen LogP contribution in [0.2, 0.25) is 0 Å². The number of carbonyl (C=O) groups excluding carboxylic acids is 3. The first-order chi connectivity index (χ1) is 13.2. The lowest BCUT2D eigenvalue weighted by atomic mass is 9.49. The van der Waals surface area contributed by atoms with Crippen molar-refractivity contribution in [2.75, 3.05) is 0 Å². The molecule has 1 heterocycles. The fourth-order valence-electron chi connectivity index (χ4n) is 6.83. The van der Waals surface area contributed by atoms with Gasteiger partial charge in [0.1, 0.15) is 0 Å². The molecule has 1 aromatic rings. The van der Waals surface area contributed by atoms with Crippen molar-refractivity contribution in [3.8, 4) is 0 Å². The molecule has 4 bridgehead atoms. The Bertz CT molecular complexity index is 799. The van der Waals surface area contributed by atoms with Gasteiger partial charge in [-0.15, -0.1) is 0 Å². The minimum absolute atomic E-state index is 0.0724. The zero-order chi connectivity index (χ0) is 20.2. The van der Waals surface area contributed by atoms with E-state index < -0.39 is 6.10 Å². The van der Waals surface area contributed by atoms with E-state index in [1.807, 2.05) is 0 Å². The van der Waals surface area contributed by atoms with Crippen molar-refractivity contribution in [3.05, 3.63) is 22.5 Å². The molecular formula is C23H31NO4. The number of aromatic nitrogens is 1. The summed E-state index contributed by atoms with van der Waals surface area (Å²) in [5, 5.41) is 0. The highest BCUT2D eigenvalue weighted by Gasteiger charge is 2.51. The molecule has 0 spiro atoms. The van der Waals surface area contributed by atoms with Crippen molar-refractivity contribution in [1.29, 1.82) is 0 Å². The van der Waals surface area contributed by atoms with Crippen LogP contribution in [-0.4, -0.2) is 28.6 Å². The number of hydrogen-bond acceptors (Lipinski definition) is 4. The Labute approximate surface area is 166 Å². The van der Waals surface area contributed by atoms with Crippen LogP contribution in [0.25, 0.3) is 0 Å². The lowest BCUT2D eigenvalue weighted by molar-refractivity contribution is -0.154. The summed E-state index contributed by atoms with van der Waals surface area (Å²) in [5.74, 6) is 1.76. The van der Waals surface area contributed by atoms with Crippen LogP contribution in [0.3, 0.4) is 0 Å². The molecule has 5 rings (SSSR count). The number of aryl methyl sites for hydroxylation is 1. The number of Topliss-reactive ketones (excluding diaryl/α,β-unsaturated/α-hetero) is 2. The predicted molar refractivity (Wildman–Crippen MR) is 105 cm³/mol. The lowest BCUT2D eigenvalue weighted by Gasteiger charge is -2.56. The first kappa shape index (κ1) is 19.4. The molecule has 4 saturated carbocycles. The largest absolute Gasteiger partial charge is 0.454 e. The molecule has 0 radical (unpaired) electrons. The van der Waals surface area contributed by atoms with E-state index in [2.05, 4.69) is 4.98 Å². The first-order valence-electron chi connectivity index (χ1n) is 10.6. The molecule has 152 valence electrons. The molecule has 0 unspecified atom stereocenters. The zero-order valence-electron chi connectivity index (χ0n) is 17.4. The third kappa shape index (κ3) is 3.33. The number of carbonyl (C=O) groups is 3. The summed E-state index contributed by atoms with van der Waals surface area (Å²) in [6.07, 6.45) is 7.05. The topological polar surface area (TPSA) is 76.2 Å². The molecule has 0 aromatic carbocycles. The quantitative estimate of drug-likeness (QED) is 0.575. The smallest absolute Gasteiger partial charge is 0.307 e. The number of nitrogens with one attached hydrogen (secondary N) is 1. The molecule has 4 aliphatic carbocycles. The molecule has 28 heavy (non-hydrogen) atoms. The number of esters is 1.